The van der Waals surface area contributed by atoms with E-state index in [-0.39, 0.29) is 11.7 Å². The fraction of sp³-hybridized carbons (Fsp3) is 0.231. The van der Waals surface area contributed by atoms with Gasteiger partial charge in [0.2, 0.25) is 5.76 Å². The quantitative estimate of drug-likeness (QED) is 0.938. The van der Waals surface area contributed by atoms with Gasteiger partial charge in [0.25, 0.3) is 5.91 Å². The Bertz CT molecular complexity index is 680. The van der Waals surface area contributed by atoms with Crippen LogP contribution in [0.4, 0.5) is 5.13 Å². The molecule has 0 saturated carbocycles. The van der Waals surface area contributed by atoms with E-state index in [2.05, 4.69) is 10.3 Å². The van der Waals surface area contributed by atoms with E-state index in [0.717, 1.165) is 16.0 Å². The summed E-state index contributed by atoms with van der Waals surface area (Å²) in [6.45, 7) is 0.827. The van der Waals surface area contributed by atoms with Crippen LogP contribution >= 0.6 is 11.3 Å². The molecule has 0 radical (unpaired) electrons. The van der Waals surface area contributed by atoms with E-state index < -0.39 is 0 Å². The van der Waals surface area contributed by atoms with Crippen LogP contribution in [-0.4, -0.2) is 31.2 Å². The average Bonchev–Trinajstić information content (AvgIpc) is 2.89. The monoisotopic (exact) mass is 292 g/mol. The van der Waals surface area contributed by atoms with Crippen molar-refractivity contribution in [3.05, 3.63) is 30.2 Å². The van der Waals surface area contributed by atoms with Gasteiger partial charge in [-0.2, -0.15) is 0 Å². The Morgan fingerprint density at radius 3 is 3.10 bits per heavy atom. The summed E-state index contributed by atoms with van der Waals surface area (Å²) in [5.41, 5.74) is 0.806. The first kappa shape index (κ1) is 12.7. The number of rotatable bonds is 3. The molecule has 0 fully saturated rings. The van der Waals surface area contributed by atoms with E-state index in [1.807, 2.05) is 18.2 Å². The average molecular weight is 292 g/mol. The van der Waals surface area contributed by atoms with Crippen molar-refractivity contribution in [2.24, 2.45) is 0 Å². The maximum atomic E-state index is 11.9. The number of carbonyl (C=O) groups excluding carboxylic acids is 1. The molecule has 104 valence electrons. The normalized spacial score (nSPS) is 14.2. The Balaban J connectivity index is 1.80. The van der Waals surface area contributed by atoms with Gasteiger partial charge in [-0.05, 0) is 18.2 Å². The lowest BCUT2D eigenvalue weighted by molar-refractivity contribution is -0.117. The Morgan fingerprint density at radius 2 is 2.35 bits per heavy atom. The number of ether oxygens (including phenoxy) is 3. The van der Waals surface area contributed by atoms with Crippen LogP contribution in [0.5, 0.6) is 5.75 Å². The van der Waals surface area contributed by atoms with Crippen LogP contribution in [0.2, 0.25) is 0 Å². The third-order valence-corrected chi connectivity index (χ3v) is 3.62. The summed E-state index contributed by atoms with van der Waals surface area (Å²) in [5.74, 6) is 0.551. The Morgan fingerprint density at radius 1 is 1.45 bits per heavy atom. The second kappa shape index (κ2) is 5.38. The number of nitrogens with zero attached hydrogens (tertiary/aromatic N) is 1. The summed E-state index contributed by atoms with van der Waals surface area (Å²) in [5, 5.41) is 3.20. The van der Waals surface area contributed by atoms with E-state index in [0.29, 0.717) is 18.3 Å². The van der Waals surface area contributed by atoms with Crippen molar-refractivity contribution in [2.75, 3.05) is 25.6 Å². The van der Waals surface area contributed by atoms with E-state index in [1.54, 1.807) is 7.11 Å². The summed E-state index contributed by atoms with van der Waals surface area (Å²) in [7, 11) is 1.61. The van der Waals surface area contributed by atoms with Gasteiger partial charge < -0.3 is 14.2 Å². The van der Waals surface area contributed by atoms with Gasteiger partial charge in [-0.3, -0.25) is 10.1 Å². The molecule has 1 N–H and O–H groups in total. The molecule has 1 amide bonds. The van der Waals surface area contributed by atoms with Crippen molar-refractivity contribution in [3.8, 4) is 5.75 Å². The van der Waals surface area contributed by atoms with Gasteiger partial charge >= 0.3 is 0 Å². The van der Waals surface area contributed by atoms with Gasteiger partial charge in [-0.25, -0.2) is 4.98 Å². The molecule has 1 aromatic heterocycles. The van der Waals surface area contributed by atoms with E-state index in [9.17, 15) is 4.79 Å². The number of fused-ring (bicyclic) bond motifs is 1. The number of amides is 1. The number of nitrogens with one attached hydrogen (secondary N) is 1. The molecule has 0 saturated heterocycles. The highest BCUT2D eigenvalue weighted by molar-refractivity contribution is 7.22. The highest BCUT2D eigenvalue weighted by Crippen LogP contribution is 2.29. The third-order valence-electron chi connectivity index (χ3n) is 2.69. The van der Waals surface area contributed by atoms with Gasteiger partial charge in [0.1, 0.15) is 25.2 Å². The number of methoxy groups -OCH3 is 1. The van der Waals surface area contributed by atoms with Crippen molar-refractivity contribution >= 4 is 32.6 Å². The number of thiazole rings is 1. The van der Waals surface area contributed by atoms with Crippen LogP contribution in [0.3, 0.4) is 0 Å². The van der Waals surface area contributed by atoms with Crippen LogP contribution < -0.4 is 10.1 Å². The number of hydrogen-bond acceptors (Lipinski definition) is 6. The molecule has 1 aromatic carbocycles. The van der Waals surface area contributed by atoms with Gasteiger partial charge in [-0.15, -0.1) is 0 Å². The summed E-state index contributed by atoms with van der Waals surface area (Å²) in [4.78, 5) is 16.3. The highest BCUT2D eigenvalue weighted by Gasteiger charge is 2.17. The standard InChI is InChI=1S/C13H12N2O4S/c1-17-8-2-3-9-11(6-8)20-13(14-9)15-12(16)10-7-18-4-5-19-10/h2-3,6-7H,4-5H2,1H3,(H,14,15,16). The zero-order valence-electron chi connectivity index (χ0n) is 10.7. The van der Waals surface area contributed by atoms with Gasteiger partial charge in [0.15, 0.2) is 5.13 Å². The number of anilines is 1. The first-order chi connectivity index (χ1) is 9.76. The van der Waals surface area contributed by atoms with Crippen molar-refractivity contribution in [3.63, 3.8) is 0 Å². The van der Waals surface area contributed by atoms with Crippen LogP contribution in [0.15, 0.2) is 30.2 Å². The maximum absolute atomic E-state index is 11.9. The van der Waals surface area contributed by atoms with Crippen molar-refractivity contribution in [1.82, 2.24) is 4.98 Å². The molecule has 0 unspecified atom stereocenters. The summed E-state index contributed by atoms with van der Waals surface area (Å²) in [6.07, 6.45) is 1.31. The van der Waals surface area contributed by atoms with Crippen LogP contribution in [0, 0.1) is 0 Å². The topological polar surface area (TPSA) is 69.7 Å². The summed E-state index contributed by atoms with van der Waals surface area (Å²) in [6, 6.07) is 5.55. The molecule has 0 bridgehead atoms. The van der Waals surface area contributed by atoms with Crippen molar-refractivity contribution < 1.29 is 19.0 Å². The van der Waals surface area contributed by atoms with Crippen LogP contribution in [0.25, 0.3) is 10.2 Å². The third kappa shape index (κ3) is 2.53. The number of carbonyl (C=O) groups is 1. The zero-order valence-corrected chi connectivity index (χ0v) is 11.5. The lowest BCUT2D eigenvalue weighted by atomic mass is 10.3. The Hall–Kier alpha value is -2.28. The highest BCUT2D eigenvalue weighted by atomic mass is 32.1. The number of benzene rings is 1. The first-order valence-electron chi connectivity index (χ1n) is 5.97. The molecule has 0 atom stereocenters. The zero-order chi connectivity index (χ0) is 13.9. The van der Waals surface area contributed by atoms with E-state index in [1.165, 1.54) is 17.6 Å². The minimum absolute atomic E-state index is 0.160. The predicted octanol–water partition coefficient (Wildman–Crippen LogP) is 2.13. The van der Waals surface area contributed by atoms with E-state index in [4.69, 9.17) is 14.2 Å². The predicted molar refractivity (Wildman–Crippen MR) is 74.8 cm³/mol. The molecule has 3 rings (SSSR count). The second-order valence-electron chi connectivity index (χ2n) is 4.01. The van der Waals surface area contributed by atoms with Gasteiger partial charge in [0, 0.05) is 0 Å². The first-order valence-corrected chi connectivity index (χ1v) is 6.78. The Kier molecular flexibility index (Phi) is 3.42. The lowest BCUT2D eigenvalue weighted by Crippen LogP contribution is -2.20. The maximum Gasteiger partial charge on any atom is 0.295 e. The van der Waals surface area contributed by atoms with Crippen molar-refractivity contribution in [2.45, 2.75) is 0 Å². The molecule has 1 aliphatic rings. The minimum atomic E-state index is -0.365. The van der Waals surface area contributed by atoms with E-state index >= 15 is 0 Å². The smallest absolute Gasteiger partial charge is 0.295 e. The molecule has 20 heavy (non-hydrogen) atoms. The Labute approximate surface area is 119 Å². The molecule has 0 aliphatic carbocycles. The fourth-order valence-corrected chi connectivity index (χ4v) is 2.62. The van der Waals surface area contributed by atoms with Gasteiger partial charge in [0.05, 0.1) is 17.3 Å². The minimum Gasteiger partial charge on any atom is -0.497 e. The lowest BCUT2D eigenvalue weighted by Gasteiger charge is -2.13. The fourth-order valence-electron chi connectivity index (χ4n) is 1.73. The second-order valence-corrected chi connectivity index (χ2v) is 5.04. The molecule has 2 aromatic rings. The molecule has 1 aliphatic heterocycles. The molecule has 7 heteroatoms. The SMILES string of the molecule is COc1ccc2nc(NC(=O)C3=COCCO3)sc2c1. The van der Waals surface area contributed by atoms with Crippen LogP contribution in [0.1, 0.15) is 0 Å². The number of hydrogen-bond donors (Lipinski definition) is 1. The molecular formula is C13H12N2O4S. The molecule has 2 heterocycles. The summed E-state index contributed by atoms with van der Waals surface area (Å²) < 4.78 is 16.3. The van der Waals surface area contributed by atoms with Crippen molar-refractivity contribution in [1.29, 1.82) is 0 Å². The number of aromatic nitrogens is 1. The molecular weight excluding hydrogens is 280 g/mol. The largest absolute Gasteiger partial charge is 0.497 e. The van der Waals surface area contributed by atoms with Gasteiger partial charge in [-0.1, -0.05) is 11.3 Å². The van der Waals surface area contributed by atoms with Crippen LogP contribution in [-0.2, 0) is 14.3 Å². The molecule has 0 spiro atoms. The molecule has 6 nitrogen and oxygen atoms in total. The summed E-state index contributed by atoms with van der Waals surface area (Å²) >= 11 is 1.37.